The normalized spacial score (nSPS) is 16.6. The van der Waals surface area contributed by atoms with E-state index < -0.39 is 11.9 Å². The molecule has 0 spiro atoms. The van der Waals surface area contributed by atoms with Crippen LogP contribution in [0.25, 0.3) is 11.0 Å². The maximum Gasteiger partial charge on any atom is 0.289 e. The zero-order valence-electron chi connectivity index (χ0n) is 15.3. The zero-order valence-corrected chi connectivity index (χ0v) is 15.3. The van der Waals surface area contributed by atoms with Crippen LogP contribution in [-0.4, -0.2) is 28.6 Å². The number of aliphatic hydroxyl groups excluding tert-OH is 1. The first-order valence-corrected chi connectivity index (χ1v) is 9.11. The van der Waals surface area contributed by atoms with Gasteiger partial charge in [-0.15, -0.1) is 0 Å². The molecule has 2 aromatic heterocycles. The summed E-state index contributed by atoms with van der Waals surface area (Å²) in [6.07, 6.45) is 4.69. The highest BCUT2D eigenvalue weighted by atomic mass is 16.3. The maximum atomic E-state index is 12.6. The number of rotatable bonds is 6. The number of carbonyl (C=O) groups is 1. The molecular formula is C20H20N4O4. The van der Waals surface area contributed by atoms with Gasteiger partial charge < -0.3 is 20.2 Å². The zero-order chi connectivity index (χ0) is 19.7. The van der Waals surface area contributed by atoms with Gasteiger partial charge in [0.1, 0.15) is 6.04 Å². The van der Waals surface area contributed by atoms with Gasteiger partial charge in [0.05, 0.1) is 18.5 Å². The Morgan fingerprint density at radius 2 is 2.29 bits per heavy atom. The summed E-state index contributed by atoms with van der Waals surface area (Å²) >= 11 is 0. The number of aliphatic hydroxyl groups is 1. The Kier molecular flexibility index (Phi) is 4.79. The number of hydrogen-bond donors (Lipinski definition) is 3. The Morgan fingerprint density at radius 3 is 3.07 bits per heavy atom. The van der Waals surface area contributed by atoms with E-state index in [0.29, 0.717) is 11.3 Å². The molecule has 1 amide bonds. The molecule has 1 aliphatic carbocycles. The average Bonchev–Trinajstić information content (AvgIpc) is 3.29. The first kappa shape index (κ1) is 18.1. The molecule has 1 aromatic carbocycles. The molecule has 0 bridgehead atoms. The van der Waals surface area contributed by atoms with E-state index in [2.05, 4.69) is 20.8 Å². The van der Waals surface area contributed by atoms with Gasteiger partial charge in [-0.2, -0.15) is 4.91 Å². The molecule has 8 nitrogen and oxygen atoms in total. The van der Waals surface area contributed by atoms with Crippen molar-refractivity contribution >= 4 is 28.3 Å². The number of benzene rings is 1. The number of furan rings is 1. The van der Waals surface area contributed by atoms with Gasteiger partial charge in [0.15, 0.2) is 5.58 Å². The molecule has 0 fully saturated rings. The number of carbonyl (C=O) groups excluding carboxylic acids is 1. The predicted molar refractivity (Wildman–Crippen MR) is 105 cm³/mol. The number of aryl methyl sites for hydroxylation is 1. The fraction of sp³-hybridized carbons (Fsp3) is 0.300. The van der Waals surface area contributed by atoms with E-state index >= 15 is 0 Å². The highest BCUT2D eigenvalue weighted by Gasteiger charge is 2.25. The van der Waals surface area contributed by atoms with Gasteiger partial charge in [-0.25, -0.2) is 0 Å². The Morgan fingerprint density at radius 1 is 1.43 bits per heavy atom. The van der Waals surface area contributed by atoms with E-state index in [-0.39, 0.29) is 18.4 Å². The van der Waals surface area contributed by atoms with Gasteiger partial charge in [-0.05, 0) is 49.1 Å². The molecule has 1 aliphatic rings. The Bertz CT molecular complexity index is 1050. The van der Waals surface area contributed by atoms with Crippen LogP contribution >= 0.6 is 0 Å². The van der Waals surface area contributed by atoms with E-state index in [1.54, 1.807) is 25.4 Å². The third kappa shape index (κ3) is 3.22. The Hall–Kier alpha value is -3.26. The van der Waals surface area contributed by atoms with Crippen LogP contribution < -0.4 is 10.6 Å². The monoisotopic (exact) mass is 380 g/mol. The SMILES string of the molecule is C[C@@H](CO)NC(=O)c1oc2cnccc2c1Nc1ccc2c(c1)CCC2N=O. The number of hydrogen-bond acceptors (Lipinski definition) is 7. The first-order chi connectivity index (χ1) is 13.6. The van der Waals surface area contributed by atoms with Crippen molar-refractivity contribution in [2.45, 2.75) is 31.8 Å². The molecular weight excluding hydrogens is 360 g/mol. The summed E-state index contributed by atoms with van der Waals surface area (Å²) in [6.45, 7) is 1.53. The van der Waals surface area contributed by atoms with E-state index in [0.717, 1.165) is 35.0 Å². The van der Waals surface area contributed by atoms with Crippen LogP contribution in [0.1, 0.15) is 41.1 Å². The molecule has 28 heavy (non-hydrogen) atoms. The summed E-state index contributed by atoms with van der Waals surface area (Å²) in [7, 11) is 0. The van der Waals surface area contributed by atoms with Crippen LogP contribution in [0, 0.1) is 4.91 Å². The fourth-order valence-electron chi connectivity index (χ4n) is 3.50. The Balaban J connectivity index is 1.71. The largest absolute Gasteiger partial charge is 0.447 e. The highest BCUT2D eigenvalue weighted by molar-refractivity contribution is 6.07. The lowest BCUT2D eigenvalue weighted by atomic mass is 10.1. The summed E-state index contributed by atoms with van der Waals surface area (Å²) in [5.74, 6) is -0.303. The predicted octanol–water partition coefficient (Wildman–Crippen LogP) is 3.44. The van der Waals surface area contributed by atoms with Crippen LogP contribution in [0.4, 0.5) is 11.4 Å². The second-order valence-corrected chi connectivity index (χ2v) is 6.93. The Labute approximate surface area is 160 Å². The molecule has 2 atom stereocenters. The van der Waals surface area contributed by atoms with Crippen LogP contribution in [0.2, 0.25) is 0 Å². The first-order valence-electron chi connectivity index (χ1n) is 9.11. The molecule has 144 valence electrons. The van der Waals surface area contributed by atoms with Crippen molar-refractivity contribution in [3.05, 3.63) is 58.5 Å². The molecule has 3 N–H and O–H groups in total. The molecule has 0 aliphatic heterocycles. The van der Waals surface area contributed by atoms with Crippen molar-refractivity contribution in [3.63, 3.8) is 0 Å². The van der Waals surface area contributed by atoms with Crippen molar-refractivity contribution in [3.8, 4) is 0 Å². The van der Waals surface area contributed by atoms with Crippen molar-refractivity contribution in [2.75, 3.05) is 11.9 Å². The smallest absolute Gasteiger partial charge is 0.289 e. The number of nitrogens with zero attached hydrogens (tertiary/aromatic N) is 2. The third-order valence-corrected chi connectivity index (χ3v) is 4.94. The molecule has 0 saturated carbocycles. The molecule has 0 saturated heterocycles. The summed E-state index contributed by atoms with van der Waals surface area (Å²) in [6, 6.07) is 6.81. The lowest BCUT2D eigenvalue weighted by Crippen LogP contribution is -2.35. The number of aromatic nitrogens is 1. The minimum Gasteiger partial charge on any atom is -0.447 e. The molecule has 0 radical (unpaired) electrons. The number of nitrogens with one attached hydrogen (secondary N) is 2. The number of anilines is 2. The second kappa shape index (κ2) is 7.40. The standard InChI is InChI=1S/C20H20N4O4/c1-11(10-25)22-20(26)19-18(15-6-7-21-9-17(15)28-19)23-13-3-4-14-12(8-13)2-5-16(14)24-27/h3-4,6-9,11,16,23,25H,2,5,10H2,1H3,(H,22,26)/t11-,16?/m0/s1. The van der Waals surface area contributed by atoms with Gasteiger partial charge in [-0.1, -0.05) is 11.2 Å². The lowest BCUT2D eigenvalue weighted by Gasteiger charge is -2.12. The second-order valence-electron chi connectivity index (χ2n) is 6.93. The summed E-state index contributed by atoms with van der Waals surface area (Å²) in [4.78, 5) is 27.6. The van der Waals surface area contributed by atoms with Crippen molar-refractivity contribution in [1.82, 2.24) is 10.3 Å². The summed E-state index contributed by atoms with van der Waals surface area (Å²) in [5, 5.41) is 19.1. The number of fused-ring (bicyclic) bond motifs is 2. The number of nitroso groups, excluding NO2 is 1. The van der Waals surface area contributed by atoms with Crippen LogP contribution in [-0.2, 0) is 6.42 Å². The molecule has 4 rings (SSSR count). The molecule has 8 heteroatoms. The quantitative estimate of drug-likeness (QED) is 0.564. The van der Waals surface area contributed by atoms with Gasteiger partial charge in [0, 0.05) is 23.3 Å². The van der Waals surface area contributed by atoms with E-state index in [9.17, 15) is 14.8 Å². The minimum atomic E-state index is -0.424. The molecule has 1 unspecified atom stereocenters. The topological polar surface area (TPSA) is 117 Å². The third-order valence-electron chi connectivity index (χ3n) is 4.94. The molecule has 2 heterocycles. The van der Waals surface area contributed by atoms with Crippen molar-refractivity contribution < 1.29 is 14.3 Å². The lowest BCUT2D eigenvalue weighted by molar-refractivity contribution is 0.0897. The van der Waals surface area contributed by atoms with Crippen molar-refractivity contribution in [2.24, 2.45) is 5.18 Å². The fourth-order valence-corrected chi connectivity index (χ4v) is 3.50. The van der Waals surface area contributed by atoms with Gasteiger partial charge >= 0.3 is 0 Å². The average molecular weight is 380 g/mol. The number of amides is 1. The van der Waals surface area contributed by atoms with Crippen LogP contribution in [0.5, 0.6) is 0 Å². The van der Waals surface area contributed by atoms with Crippen molar-refractivity contribution in [1.29, 1.82) is 0 Å². The number of pyridine rings is 1. The maximum absolute atomic E-state index is 12.6. The van der Waals surface area contributed by atoms with Crippen LogP contribution in [0.15, 0.2) is 46.3 Å². The molecule has 3 aromatic rings. The van der Waals surface area contributed by atoms with Gasteiger partial charge in [0.2, 0.25) is 5.76 Å². The minimum absolute atomic E-state index is 0.122. The van der Waals surface area contributed by atoms with Crippen LogP contribution in [0.3, 0.4) is 0 Å². The van der Waals surface area contributed by atoms with Gasteiger partial charge in [-0.3, -0.25) is 9.78 Å². The summed E-state index contributed by atoms with van der Waals surface area (Å²) in [5.41, 5.74) is 3.83. The van der Waals surface area contributed by atoms with E-state index in [1.807, 2.05) is 18.2 Å². The van der Waals surface area contributed by atoms with Gasteiger partial charge in [0.25, 0.3) is 5.91 Å². The van der Waals surface area contributed by atoms with E-state index in [1.165, 1.54) is 0 Å². The van der Waals surface area contributed by atoms with E-state index in [4.69, 9.17) is 4.42 Å². The summed E-state index contributed by atoms with van der Waals surface area (Å²) < 4.78 is 5.73. The highest BCUT2D eigenvalue weighted by Crippen LogP contribution is 2.37.